The largest absolute Gasteiger partial charge is 0.493 e. The molecular formula is C21H26FN3O3. The van der Waals surface area contributed by atoms with Gasteiger partial charge in [0.25, 0.3) is 0 Å². The van der Waals surface area contributed by atoms with Gasteiger partial charge in [-0.05, 0) is 24.3 Å². The van der Waals surface area contributed by atoms with Crippen molar-refractivity contribution < 1.29 is 18.7 Å². The van der Waals surface area contributed by atoms with Gasteiger partial charge in [-0.2, -0.15) is 0 Å². The number of hydrogen-bond donors (Lipinski definition) is 1. The number of anilines is 2. The maximum absolute atomic E-state index is 13.9. The highest BCUT2D eigenvalue weighted by atomic mass is 19.1. The molecule has 2 aromatic carbocycles. The summed E-state index contributed by atoms with van der Waals surface area (Å²) in [6, 6.07) is 12.2. The van der Waals surface area contributed by atoms with Crippen LogP contribution in [0.2, 0.25) is 0 Å². The van der Waals surface area contributed by atoms with Crippen LogP contribution in [0.5, 0.6) is 11.5 Å². The average Bonchev–Trinajstić information content (AvgIpc) is 2.69. The molecule has 0 atom stereocenters. The number of amides is 1. The molecule has 3 rings (SSSR count). The Morgan fingerprint density at radius 3 is 2.54 bits per heavy atom. The van der Waals surface area contributed by atoms with Gasteiger partial charge in [-0.1, -0.05) is 12.1 Å². The maximum Gasteiger partial charge on any atom is 0.221 e. The van der Waals surface area contributed by atoms with Crippen molar-refractivity contribution in [2.75, 3.05) is 56.7 Å². The van der Waals surface area contributed by atoms with Crippen LogP contribution in [0.15, 0.2) is 42.5 Å². The van der Waals surface area contributed by atoms with Crippen LogP contribution in [-0.2, 0) is 4.79 Å². The van der Waals surface area contributed by atoms with E-state index in [-0.39, 0.29) is 11.7 Å². The summed E-state index contributed by atoms with van der Waals surface area (Å²) in [5.41, 5.74) is 1.34. The highest BCUT2D eigenvalue weighted by Crippen LogP contribution is 2.30. The standard InChI is InChI=1S/C21H26FN3O3/c1-16(26)23-17-7-8-20(21(15-17)27-2)28-14-13-24-9-11-25(12-10-24)19-6-4-3-5-18(19)22/h3-8,15H,9-14H2,1-2H3,(H,23,26). The number of methoxy groups -OCH3 is 1. The normalized spacial score (nSPS) is 14.6. The number of halogens is 1. The molecule has 1 heterocycles. The Balaban J connectivity index is 1.47. The highest BCUT2D eigenvalue weighted by molar-refractivity contribution is 5.89. The number of hydrogen-bond acceptors (Lipinski definition) is 5. The Bertz CT molecular complexity index is 807. The van der Waals surface area contributed by atoms with Crippen LogP contribution in [0.3, 0.4) is 0 Å². The van der Waals surface area contributed by atoms with E-state index in [1.807, 2.05) is 12.1 Å². The minimum absolute atomic E-state index is 0.134. The Labute approximate surface area is 164 Å². The molecule has 0 bridgehead atoms. The quantitative estimate of drug-likeness (QED) is 0.792. The van der Waals surface area contributed by atoms with E-state index >= 15 is 0 Å². The number of para-hydroxylation sites is 1. The zero-order chi connectivity index (χ0) is 19.9. The number of ether oxygens (including phenoxy) is 2. The number of nitrogens with one attached hydrogen (secondary N) is 1. The molecule has 150 valence electrons. The molecule has 6 nitrogen and oxygen atoms in total. The summed E-state index contributed by atoms with van der Waals surface area (Å²) in [6.45, 7) is 6.05. The topological polar surface area (TPSA) is 54.0 Å². The van der Waals surface area contributed by atoms with Gasteiger partial charge in [-0.3, -0.25) is 9.69 Å². The summed E-state index contributed by atoms with van der Waals surface area (Å²) in [7, 11) is 1.57. The molecule has 2 aromatic rings. The van der Waals surface area contributed by atoms with Crippen molar-refractivity contribution in [3.05, 3.63) is 48.3 Å². The first-order valence-electron chi connectivity index (χ1n) is 9.37. The van der Waals surface area contributed by atoms with E-state index in [2.05, 4.69) is 15.1 Å². The molecule has 7 heteroatoms. The third-order valence-electron chi connectivity index (χ3n) is 4.71. The Kier molecular flexibility index (Phi) is 6.71. The molecule has 0 radical (unpaired) electrons. The van der Waals surface area contributed by atoms with Crippen molar-refractivity contribution in [1.82, 2.24) is 4.90 Å². The average molecular weight is 387 g/mol. The van der Waals surface area contributed by atoms with Crippen LogP contribution in [0.1, 0.15) is 6.92 Å². The van der Waals surface area contributed by atoms with Crippen LogP contribution in [0, 0.1) is 5.82 Å². The summed E-state index contributed by atoms with van der Waals surface area (Å²) in [5, 5.41) is 2.72. The SMILES string of the molecule is COc1cc(NC(C)=O)ccc1OCCN1CCN(c2ccccc2F)CC1. The fraction of sp³-hybridized carbons (Fsp3) is 0.381. The van der Waals surface area contributed by atoms with Crippen molar-refractivity contribution in [1.29, 1.82) is 0 Å². The molecule has 0 saturated carbocycles. The fourth-order valence-corrected chi connectivity index (χ4v) is 3.27. The monoisotopic (exact) mass is 387 g/mol. The molecule has 0 spiro atoms. The van der Waals surface area contributed by atoms with E-state index in [1.165, 1.54) is 13.0 Å². The van der Waals surface area contributed by atoms with Crippen LogP contribution < -0.4 is 19.7 Å². The van der Waals surface area contributed by atoms with Crippen LogP contribution in [0.4, 0.5) is 15.8 Å². The van der Waals surface area contributed by atoms with Gasteiger partial charge in [0.2, 0.25) is 5.91 Å². The van der Waals surface area contributed by atoms with Crippen molar-refractivity contribution in [3.8, 4) is 11.5 Å². The van der Waals surface area contributed by atoms with E-state index < -0.39 is 0 Å². The number of carbonyl (C=O) groups excluding carboxylic acids is 1. The summed E-state index contributed by atoms with van der Waals surface area (Å²) >= 11 is 0. The van der Waals surface area contributed by atoms with Crippen LogP contribution in [0.25, 0.3) is 0 Å². The number of rotatable bonds is 7. The molecule has 1 aliphatic heterocycles. The van der Waals surface area contributed by atoms with Crippen molar-refractivity contribution >= 4 is 17.3 Å². The molecule has 1 aliphatic rings. The number of piperazine rings is 1. The second kappa shape index (κ2) is 9.41. The summed E-state index contributed by atoms with van der Waals surface area (Å²) in [4.78, 5) is 15.5. The summed E-state index contributed by atoms with van der Waals surface area (Å²) in [5.74, 6) is 0.913. The zero-order valence-corrected chi connectivity index (χ0v) is 16.3. The lowest BCUT2D eigenvalue weighted by Crippen LogP contribution is -2.47. The van der Waals surface area contributed by atoms with Gasteiger partial charge < -0.3 is 19.7 Å². The Morgan fingerprint density at radius 1 is 1.11 bits per heavy atom. The Hall–Kier alpha value is -2.80. The van der Waals surface area contributed by atoms with E-state index in [0.717, 1.165) is 32.7 Å². The molecule has 0 aliphatic carbocycles. The summed E-state index contributed by atoms with van der Waals surface area (Å²) in [6.07, 6.45) is 0. The molecule has 1 N–H and O–H groups in total. The van der Waals surface area contributed by atoms with Crippen molar-refractivity contribution in [2.45, 2.75) is 6.92 Å². The van der Waals surface area contributed by atoms with Gasteiger partial charge in [0.15, 0.2) is 11.5 Å². The van der Waals surface area contributed by atoms with Gasteiger partial charge in [0.05, 0.1) is 12.8 Å². The lowest BCUT2D eigenvalue weighted by Gasteiger charge is -2.36. The second-order valence-electron chi connectivity index (χ2n) is 6.68. The molecular weight excluding hydrogens is 361 g/mol. The van der Waals surface area contributed by atoms with Gasteiger partial charge in [0, 0.05) is 51.4 Å². The van der Waals surface area contributed by atoms with E-state index in [4.69, 9.17) is 9.47 Å². The molecule has 1 fully saturated rings. The first-order chi connectivity index (χ1) is 13.6. The maximum atomic E-state index is 13.9. The molecule has 1 amide bonds. The van der Waals surface area contributed by atoms with E-state index in [0.29, 0.717) is 29.5 Å². The van der Waals surface area contributed by atoms with Crippen molar-refractivity contribution in [2.24, 2.45) is 0 Å². The van der Waals surface area contributed by atoms with Crippen molar-refractivity contribution in [3.63, 3.8) is 0 Å². The van der Waals surface area contributed by atoms with Gasteiger partial charge in [0.1, 0.15) is 12.4 Å². The lowest BCUT2D eigenvalue weighted by molar-refractivity contribution is -0.114. The van der Waals surface area contributed by atoms with Gasteiger partial charge >= 0.3 is 0 Å². The minimum atomic E-state index is -0.172. The van der Waals surface area contributed by atoms with Crippen LogP contribution >= 0.6 is 0 Å². The van der Waals surface area contributed by atoms with E-state index in [9.17, 15) is 9.18 Å². The fourth-order valence-electron chi connectivity index (χ4n) is 3.27. The number of nitrogens with zero attached hydrogens (tertiary/aromatic N) is 2. The molecule has 0 unspecified atom stereocenters. The Morgan fingerprint density at radius 2 is 1.86 bits per heavy atom. The molecule has 0 aromatic heterocycles. The molecule has 28 heavy (non-hydrogen) atoms. The lowest BCUT2D eigenvalue weighted by atomic mass is 10.2. The minimum Gasteiger partial charge on any atom is -0.493 e. The second-order valence-corrected chi connectivity index (χ2v) is 6.68. The third kappa shape index (κ3) is 5.13. The van der Waals surface area contributed by atoms with Gasteiger partial charge in [-0.25, -0.2) is 4.39 Å². The smallest absolute Gasteiger partial charge is 0.221 e. The summed E-state index contributed by atoms with van der Waals surface area (Å²) < 4.78 is 25.1. The van der Waals surface area contributed by atoms with E-state index in [1.54, 1.807) is 31.4 Å². The zero-order valence-electron chi connectivity index (χ0n) is 16.3. The highest BCUT2D eigenvalue weighted by Gasteiger charge is 2.19. The van der Waals surface area contributed by atoms with Crippen LogP contribution in [-0.4, -0.2) is 57.2 Å². The third-order valence-corrected chi connectivity index (χ3v) is 4.71. The first kappa shape index (κ1) is 19.9. The first-order valence-corrected chi connectivity index (χ1v) is 9.37. The predicted octanol–water partition coefficient (Wildman–Crippen LogP) is 2.99. The molecule has 1 saturated heterocycles. The van der Waals surface area contributed by atoms with Gasteiger partial charge in [-0.15, -0.1) is 0 Å². The number of benzene rings is 2. The number of carbonyl (C=O) groups is 1. The predicted molar refractivity (Wildman–Crippen MR) is 108 cm³/mol.